The van der Waals surface area contributed by atoms with Crippen LogP contribution < -0.4 is 5.32 Å². The zero-order valence-corrected chi connectivity index (χ0v) is 16.1. The van der Waals surface area contributed by atoms with Crippen molar-refractivity contribution in [2.75, 3.05) is 0 Å². The Hall–Kier alpha value is -1.82. The minimum Gasteiger partial charge on any atom is -0.447 e. The molecule has 0 spiro atoms. The summed E-state index contributed by atoms with van der Waals surface area (Å²) in [7, 11) is 1.86. The van der Waals surface area contributed by atoms with Gasteiger partial charge in [-0.25, -0.2) is 4.79 Å². The van der Waals surface area contributed by atoms with Crippen LogP contribution in [0.5, 0.6) is 0 Å². The lowest BCUT2D eigenvalue weighted by Crippen LogP contribution is -2.44. The van der Waals surface area contributed by atoms with Crippen molar-refractivity contribution in [3.8, 4) is 0 Å². The summed E-state index contributed by atoms with van der Waals surface area (Å²) in [6.07, 6.45) is 3.56. The molecular formula is C19H26N2O3S. The zero-order chi connectivity index (χ0) is 18.1. The van der Waals surface area contributed by atoms with E-state index in [2.05, 4.69) is 11.4 Å². The second kappa shape index (κ2) is 7.20. The number of nitrogens with zero attached hydrogens (tertiary/aromatic N) is 1. The highest BCUT2D eigenvalue weighted by molar-refractivity contribution is 7.19. The van der Waals surface area contributed by atoms with Crippen molar-refractivity contribution in [1.29, 1.82) is 0 Å². The van der Waals surface area contributed by atoms with E-state index in [0.29, 0.717) is 5.69 Å². The van der Waals surface area contributed by atoms with Crippen LogP contribution in [0.15, 0.2) is 12.1 Å². The standard InChI is InChI=1S/C19H26N2O3S/c1-11(2)17(18(22)20-13-7-5-6-8-13)24-19(23)15-10-16-14(21(15)4)9-12(3)25-16/h9-11,13,17H,5-8H2,1-4H3,(H,20,22)/t17-/m1/s1. The van der Waals surface area contributed by atoms with Gasteiger partial charge in [0.2, 0.25) is 0 Å². The van der Waals surface area contributed by atoms with Crippen LogP contribution in [0.25, 0.3) is 10.2 Å². The van der Waals surface area contributed by atoms with Gasteiger partial charge >= 0.3 is 5.97 Å². The highest BCUT2D eigenvalue weighted by Crippen LogP contribution is 2.28. The fourth-order valence-electron chi connectivity index (χ4n) is 3.45. The van der Waals surface area contributed by atoms with Crippen molar-refractivity contribution in [2.45, 2.75) is 58.6 Å². The van der Waals surface area contributed by atoms with Crippen LogP contribution >= 0.6 is 11.3 Å². The first kappa shape index (κ1) is 18.0. The predicted octanol–water partition coefficient (Wildman–Crippen LogP) is 3.79. The minimum atomic E-state index is -0.761. The van der Waals surface area contributed by atoms with Gasteiger partial charge in [0.15, 0.2) is 6.10 Å². The Bertz CT molecular complexity index is 784. The van der Waals surface area contributed by atoms with Gasteiger partial charge < -0.3 is 14.6 Å². The summed E-state index contributed by atoms with van der Waals surface area (Å²) in [5, 5.41) is 3.04. The molecule has 1 fully saturated rings. The van der Waals surface area contributed by atoms with Crippen molar-refractivity contribution in [3.63, 3.8) is 0 Å². The van der Waals surface area contributed by atoms with Gasteiger partial charge in [0, 0.05) is 18.0 Å². The Morgan fingerprint density at radius 1 is 1.28 bits per heavy atom. The van der Waals surface area contributed by atoms with Crippen LogP contribution in [0.2, 0.25) is 0 Å². The van der Waals surface area contributed by atoms with Crippen molar-refractivity contribution in [2.24, 2.45) is 13.0 Å². The molecule has 5 nitrogen and oxygen atoms in total. The second-order valence-electron chi connectivity index (χ2n) is 7.26. The quantitative estimate of drug-likeness (QED) is 0.823. The molecule has 1 amide bonds. The lowest BCUT2D eigenvalue weighted by atomic mass is 10.1. The van der Waals surface area contributed by atoms with E-state index < -0.39 is 12.1 Å². The van der Waals surface area contributed by atoms with Gasteiger partial charge in [-0.15, -0.1) is 11.3 Å². The largest absolute Gasteiger partial charge is 0.447 e. The summed E-state index contributed by atoms with van der Waals surface area (Å²) < 4.78 is 8.51. The van der Waals surface area contributed by atoms with Gasteiger partial charge in [-0.3, -0.25) is 4.79 Å². The van der Waals surface area contributed by atoms with Crippen LogP contribution in [0, 0.1) is 12.8 Å². The molecule has 0 bridgehead atoms. The van der Waals surface area contributed by atoms with E-state index >= 15 is 0 Å². The van der Waals surface area contributed by atoms with Crippen LogP contribution in [-0.4, -0.2) is 28.6 Å². The maximum Gasteiger partial charge on any atom is 0.355 e. The third-order valence-electron chi connectivity index (χ3n) is 4.86. The van der Waals surface area contributed by atoms with Gasteiger partial charge in [-0.1, -0.05) is 26.7 Å². The van der Waals surface area contributed by atoms with Crippen LogP contribution in [0.4, 0.5) is 0 Å². The molecule has 0 aliphatic heterocycles. The fraction of sp³-hybridized carbons (Fsp3) is 0.579. The van der Waals surface area contributed by atoms with Crippen molar-refractivity contribution in [1.82, 2.24) is 9.88 Å². The third kappa shape index (κ3) is 3.73. The molecule has 1 aliphatic carbocycles. The summed E-state index contributed by atoms with van der Waals surface area (Å²) in [6.45, 7) is 5.85. The number of fused-ring (bicyclic) bond motifs is 1. The number of amides is 1. The first-order chi connectivity index (χ1) is 11.9. The van der Waals surface area contributed by atoms with E-state index in [1.54, 1.807) is 11.3 Å². The Labute approximate surface area is 152 Å². The fourth-order valence-corrected chi connectivity index (χ4v) is 4.44. The lowest BCUT2D eigenvalue weighted by Gasteiger charge is -2.23. The molecule has 2 aromatic rings. The molecule has 0 radical (unpaired) electrons. The SMILES string of the molecule is Cc1cc2c(cc(C(=O)O[C@@H](C(=O)NC3CCCC3)C(C)C)n2C)s1. The van der Waals surface area contributed by atoms with E-state index in [4.69, 9.17) is 4.74 Å². The van der Waals surface area contributed by atoms with Crippen LogP contribution in [0.3, 0.4) is 0 Å². The summed E-state index contributed by atoms with van der Waals surface area (Å²) >= 11 is 1.65. The molecule has 6 heteroatoms. The highest BCUT2D eigenvalue weighted by Gasteiger charge is 2.30. The molecule has 1 aliphatic rings. The number of carbonyl (C=O) groups is 2. The Kier molecular flexibility index (Phi) is 5.18. The van der Waals surface area contributed by atoms with E-state index in [-0.39, 0.29) is 17.9 Å². The van der Waals surface area contributed by atoms with E-state index in [0.717, 1.165) is 35.9 Å². The molecule has 3 rings (SSSR count). The van der Waals surface area contributed by atoms with E-state index in [9.17, 15) is 9.59 Å². The number of aromatic nitrogens is 1. The number of hydrogen-bond donors (Lipinski definition) is 1. The number of rotatable bonds is 5. The van der Waals surface area contributed by atoms with Crippen molar-refractivity contribution >= 4 is 33.4 Å². The third-order valence-corrected chi connectivity index (χ3v) is 5.85. The number of nitrogens with one attached hydrogen (secondary N) is 1. The highest BCUT2D eigenvalue weighted by atomic mass is 32.1. The topological polar surface area (TPSA) is 60.3 Å². The average Bonchev–Trinajstić information content (AvgIpc) is 3.23. The van der Waals surface area contributed by atoms with Crippen molar-refractivity contribution in [3.05, 3.63) is 22.7 Å². The Morgan fingerprint density at radius 3 is 2.56 bits per heavy atom. The number of hydrogen-bond acceptors (Lipinski definition) is 4. The summed E-state index contributed by atoms with van der Waals surface area (Å²) in [5.41, 5.74) is 1.51. The average molecular weight is 362 g/mol. The van der Waals surface area contributed by atoms with Gasteiger partial charge in [-0.2, -0.15) is 0 Å². The molecule has 136 valence electrons. The molecule has 2 heterocycles. The van der Waals surface area contributed by atoms with Crippen LogP contribution in [0.1, 0.15) is 54.9 Å². The summed E-state index contributed by atoms with van der Waals surface area (Å²) in [5.74, 6) is -0.695. The number of ether oxygens (including phenoxy) is 1. The molecule has 1 atom stereocenters. The van der Waals surface area contributed by atoms with Gasteiger partial charge in [0.1, 0.15) is 5.69 Å². The first-order valence-electron chi connectivity index (χ1n) is 8.94. The minimum absolute atomic E-state index is 0.0750. The molecule has 1 N–H and O–H groups in total. The summed E-state index contributed by atoms with van der Waals surface area (Å²) in [6, 6.07) is 4.13. The Morgan fingerprint density at radius 2 is 1.96 bits per heavy atom. The van der Waals surface area contributed by atoms with Gasteiger partial charge in [0.25, 0.3) is 5.91 Å². The predicted molar refractivity (Wildman–Crippen MR) is 100.0 cm³/mol. The smallest absolute Gasteiger partial charge is 0.355 e. The monoisotopic (exact) mass is 362 g/mol. The number of aryl methyl sites for hydroxylation is 2. The molecule has 2 aromatic heterocycles. The maximum absolute atomic E-state index is 12.7. The molecule has 1 saturated carbocycles. The van der Waals surface area contributed by atoms with Crippen LogP contribution in [-0.2, 0) is 16.6 Å². The maximum atomic E-state index is 12.7. The van der Waals surface area contributed by atoms with Gasteiger partial charge in [-0.05, 0) is 37.8 Å². The molecule has 0 saturated heterocycles. The molecule has 0 unspecified atom stereocenters. The first-order valence-corrected chi connectivity index (χ1v) is 9.75. The number of carbonyl (C=O) groups excluding carboxylic acids is 2. The van der Waals surface area contributed by atoms with Crippen molar-refractivity contribution < 1.29 is 14.3 Å². The summed E-state index contributed by atoms with van der Waals surface area (Å²) in [4.78, 5) is 26.4. The zero-order valence-electron chi connectivity index (χ0n) is 15.3. The number of esters is 1. The molecule has 25 heavy (non-hydrogen) atoms. The Balaban J connectivity index is 1.74. The van der Waals surface area contributed by atoms with E-state index in [1.165, 1.54) is 4.88 Å². The van der Waals surface area contributed by atoms with E-state index in [1.807, 2.05) is 38.5 Å². The molecular weight excluding hydrogens is 336 g/mol. The lowest BCUT2D eigenvalue weighted by molar-refractivity contribution is -0.132. The number of thiophene rings is 1. The normalized spacial score (nSPS) is 16.5. The molecule has 0 aromatic carbocycles. The second-order valence-corrected chi connectivity index (χ2v) is 8.54. The van der Waals surface area contributed by atoms with Gasteiger partial charge in [0.05, 0.1) is 10.2 Å².